The molecule has 35 heavy (non-hydrogen) atoms. The zero-order valence-corrected chi connectivity index (χ0v) is 23.3. The van der Waals surface area contributed by atoms with Crippen LogP contribution >= 0.6 is 23.2 Å². The Balaban J connectivity index is 2.18. The number of hydrogen-bond acceptors (Lipinski definition) is 3. The van der Waals surface area contributed by atoms with Crippen molar-refractivity contribution in [3.05, 3.63) is 70.8 Å². The van der Waals surface area contributed by atoms with E-state index in [0.29, 0.717) is 29.3 Å². The summed E-state index contributed by atoms with van der Waals surface area (Å²) >= 11 is 12.7. The van der Waals surface area contributed by atoms with E-state index in [1.165, 1.54) is 10.6 Å². The number of benzene rings is 1. The fourth-order valence-electron chi connectivity index (χ4n) is 5.51. The van der Waals surface area contributed by atoms with Crippen LogP contribution < -0.4 is 0 Å². The van der Waals surface area contributed by atoms with E-state index < -0.39 is 15.4 Å². The number of carbonyl (C=O) groups is 1. The molecule has 1 amide bonds. The largest absolute Gasteiger partial charge is 0.331 e. The summed E-state index contributed by atoms with van der Waals surface area (Å²) in [7, 11) is -1.84. The zero-order chi connectivity index (χ0) is 26.0. The van der Waals surface area contributed by atoms with E-state index in [1.807, 2.05) is 55.2 Å². The van der Waals surface area contributed by atoms with Crippen LogP contribution in [0.15, 0.2) is 60.2 Å². The molecule has 1 aliphatic heterocycles. The van der Waals surface area contributed by atoms with E-state index in [2.05, 4.69) is 18.7 Å². The van der Waals surface area contributed by atoms with Crippen LogP contribution in [0.2, 0.25) is 5.02 Å². The lowest BCUT2D eigenvalue weighted by molar-refractivity contribution is -0.159. The number of rotatable bonds is 9. The van der Waals surface area contributed by atoms with Crippen molar-refractivity contribution in [1.29, 1.82) is 0 Å². The molecule has 0 spiro atoms. The molecule has 5 atom stereocenters. The molecule has 5 nitrogen and oxygen atoms in total. The summed E-state index contributed by atoms with van der Waals surface area (Å²) in [5, 5.41) is 1.33. The molecule has 2 aliphatic rings. The lowest BCUT2D eigenvalue weighted by Crippen LogP contribution is -2.59. The van der Waals surface area contributed by atoms with Gasteiger partial charge in [-0.05, 0) is 61.3 Å². The summed E-state index contributed by atoms with van der Waals surface area (Å²) in [4.78, 5) is 16.2. The van der Waals surface area contributed by atoms with Gasteiger partial charge in [-0.3, -0.25) is 4.79 Å². The van der Waals surface area contributed by atoms with Gasteiger partial charge in [0.15, 0.2) is 0 Å². The van der Waals surface area contributed by atoms with Gasteiger partial charge < -0.3 is 4.90 Å². The van der Waals surface area contributed by atoms with Gasteiger partial charge in [0.2, 0.25) is 15.9 Å². The first-order valence-corrected chi connectivity index (χ1v) is 14.7. The van der Waals surface area contributed by atoms with E-state index in [-0.39, 0.29) is 36.4 Å². The van der Waals surface area contributed by atoms with Crippen molar-refractivity contribution in [2.75, 3.05) is 19.8 Å². The van der Waals surface area contributed by atoms with Gasteiger partial charge in [-0.2, -0.15) is 0 Å². The topological polar surface area (TPSA) is 57.7 Å². The van der Waals surface area contributed by atoms with Gasteiger partial charge >= 0.3 is 0 Å². The Morgan fingerprint density at radius 3 is 2.49 bits per heavy atom. The highest BCUT2D eigenvalue weighted by molar-refractivity contribution is 7.88. The molecule has 1 aromatic rings. The van der Waals surface area contributed by atoms with E-state index >= 15 is 0 Å². The summed E-state index contributed by atoms with van der Waals surface area (Å²) < 4.78 is 25.9. The number of amides is 1. The van der Waals surface area contributed by atoms with Crippen molar-refractivity contribution in [2.45, 2.75) is 51.6 Å². The number of likely N-dealkylation sites (N-methyl/N-ethyl adjacent to an activating group) is 1. The van der Waals surface area contributed by atoms with Crippen molar-refractivity contribution >= 4 is 39.1 Å². The normalized spacial score (nSPS) is 28.2. The molecule has 0 bridgehead atoms. The Morgan fingerprint density at radius 1 is 1.29 bits per heavy atom. The van der Waals surface area contributed by atoms with Gasteiger partial charge in [-0.25, -0.2) is 12.7 Å². The molecular formula is C27H36Cl2N2O3S. The van der Waals surface area contributed by atoms with Crippen LogP contribution in [-0.2, 0) is 14.8 Å². The molecular weight excluding hydrogens is 503 g/mol. The Labute approximate surface area is 220 Å². The van der Waals surface area contributed by atoms with Crippen LogP contribution in [0.4, 0.5) is 0 Å². The second-order valence-corrected chi connectivity index (χ2v) is 13.1. The third-order valence-electron chi connectivity index (χ3n) is 7.46. The Kier molecular flexibility index (Phi) is 8.96. The van der Waals surface area contributed by atoms with Gasteiger partial charge in [0, 0.05) is 29.7 Å². The number of carbonyl (C=O) groups excluding carboxylic acids is 1. The maximum Gasteiger partial charge on any atom is 0.229 e. The van der Waals surface area contributed by atoms with Crippen LogP contribution in [0, 0.1) is 17.3 Å². The van der Waals surface area contributed by atoms with E-state index in [0.717, 1.165) is 12.0 Å². The van der Waals surface area contributed by atoms with Crippen molar-refractivity contribution in [1.82, 2.24) is 9.21 Å². The molecule has 3 unspecified atom stereocenters. The second kappa shape index (κ2) is 11.2. The first-order valence-electron chi connectivity index (χ1n) is 12.1. The van der Waals surface area contributed by atoms with Crippen LogP contribution in [-0.4, -0.2) is 49.4 Å². The minimum Gasteiger partial charge on any atom is -0.331 e. The molecule has 8 heteroatoms. The average Bonchev–Trinajstić information content (AvgIpc) is 2.79. The first kappa shape index (κ1) is 28.0. The average molecular weight is 540 g/mol. The number of nitrogens with zero attached hydrogens (tertiary/aromatic N) is 2. The van der Waals surface area contributed by atoms with Gasteiger partial charge in [0.05, 0.1) is 17.7 Å². The van der Waals surface area contributed by atoms with Crippen LogP contribution in [0.5, 0.6) is 0 Å². The molecule has 0 aromatic heterocycles. The third kappa shape index (κ3) is 6.22. The second-order valence-electron chi connectivity index (χ2n) is 10.1. The van der Waals surface area contributed by atoms with Gasteiger partial charge in [0.25, 0.3) is 0 Å². The Hall–Kier alpha value is -1.60. The molecule has 1 aliphatic carbocycles. The molecule has 3 rings (SSSR count). The van der Waals surface area contributed by atoms with Crippen LogP contribution in [0.25, 0.3) is 0 Å². The van der Waals surface area contributed by atoms with Crippen molar-refractivity contribution in [2.24, 2.45) is 17.3 Å². The van der Waals surface area contributed by atoms with E-state index in [9.17, 15) is 13.2 Å². The molecule has 1 aromatic carbocycles. The molecule has 0 radical (unpaired) electrons. The number of sulfonamides is 1. The molecule has 1 fully saturated rings. The van der Waals surface area contributed by atoms with Crippen LogP contribution in [0.1, 0.15) is 51.1 Å². The number of allylic oxidation sites excluding steroid dienone is 5. The first-order chi connectivity index (χ1) is 16.4. The lowest BCUT2D eigenvalue weighted by Gasteiger charge is -2.53. The minimum atomic E-state index is -3.41. The number of hydrogen-bond donors (Lipinski definition) is 0. The highest BCUT2D eigenvalue weighted by Gasteiger charge is 2.52. The standard InChI is InChI=1S/C27H36Cl2N2O3S/c1-6-15-27(3)17-24(20-9-8-10-22(29)16-20)25(19-11-13-21(28)14-12-19)31(26(27)32)23(7-2)18-30(4)35(5,33)34/h6,8,10-14,16,20,23-25H,1,7,9,15,17-18H2,2-5H3/t20?,23?,24-,25?,27+/m1/s1. The fourth-order valence-corrected chi connectivity index (χ4v) is 6.33. The highest BCUT2D eigenvalue weighted by Crippen LogP contribution is 2.52. The molecule has 1 heterocycles. The smallest absolute Gasteiger partial charge is 0.229 e. The van der Waals surface area contributed by atoms with Crippen molar-refractivity contribution in [3.8, 4) is 0 Å². The molecule has 0 saturated carbocycles. The SMILES string of the molecule is C=CC[C@@]1(C)C[C@H](C2C=C(Cl)C=CC2)C(c2ccc(Cl)cc2)N(C(CC)CN(C)S(C)(=O)=O)C1=O. The van der Waals surface area contributed by atoms with E-state index in [4.69, 9.17) is 23.2 Å². The van der Waals surface area contributed by atoms with Gasteiger partial charge in [-0.15, -0.1) is 6.58 Å². The van der Waals surface area contributed by atoms with Crippen LogP contribution in [0.3, 0.4) is 0 Å². The summed E-state index contributed by atoms with van der Waals surface area (Å²) in [6, 6.07) is 7.12. The Morgan fingerprint density at radius 2 is 1.94 bits per heavy atom. The maximum atomic E-state index is 14.2. The summed E-state index contributed by atoms with van der Waals surface area (Å²) in [6.07, 6.45) is 11.8. The van der Waals surface area contributed by atoms with Crippen molar-refractivity contribution < 1.29 is 13.2 Å². The molecule has 0 N–H and O–H groups in total. The van der Waals surface area contributed by atoms with Gasteiger partial charge in [0.1, 0.15) is 0 Å². The summed E-state index contributed by atoms with van der Waals surface area (Å²) in [6.45, 7) is 8.16. The zero-order valence-electron chi connectivity index (χ0n) is 21.0. The predicted octanol–water partition coefficient (Wildman–Crippen LogP) is 6.18. The lowest BCUT2D eigenvalue weighted by atomic mass is 9.64. The third-order valence-corrected chi connectivity index (χ3v) is 9.24. The monoisotopic (exact) mass is 538 g/mol. The van der Waals surface area contributed by atoms with Crippen molar-refractivity contribution in [3.63, 3.8) is 0 Å². The number of piperidine rings is 1. The van der Waals surface area contributed by atoms with E-state index in [1.54, 1.807) is 7.05 Å². The number of halogens is 2. The predicted molar refractivity (Wildman–Crippen MR) is 145 cm³/mol. The Bertz CT molecular complexity index is 1100. The quantitative estimate of drug-likeness (QED) is 0.352. The molecule has 1 saturated heterocycles. The highest BCUT2D eigenvalue weighted by atomic mass is 35.5. The summed E-state index contributed by atoms with van der Waals surface area (Å²) in [5.41, 5.74) is 0.349. The maximum absolute atomic E-state index is 14.2. The fraction of sp³-hybridized carbons (Fsp3) is 0.519. The summed E-state index contributed by atoms with van der Waals surface area (Å²) in [5.74, 6) is 0.247. The van der Waals surface area contributed by atoms with Gasteiger partial charge in [-0.1, -0.05) is 67.4 Å². The molecule has 192 valence electrons. The minimum absolute atomic E-state index is 0.0313. The number of likely N-dealkylation sites (tertiary alicyclic amines) is 1.